The first kappa shape index (κ1) is 9.05. The Bertz CT molecular complexity index is 123. The first-order valence-electron chi connectivity index (χ1n) is 4.61. The lowest BCUT2D eigenvalue weighted by Crippen LogP contribution is -2.21. The summed E-state index contributed by atoms with van der Waals surface area (Å²) in [7, 11) is 0. The van der Waals surface area contributed by atoms with Crippen molar-refractivity contribution in [3.05, 3.63) is 0 Å². The maximum absolute atomic E-state index is 5.64. The van der Waals surface area contributed by atoms with Crippen molar-refractivity contribution in [1.29, 1.82) is 0 Å². The third kappa shape index (κ3) is 2.82. The predicted octanol–water partition coefficient (Wildman–Crippen LogP) is 2.85. The van der Waals surface area contributed by atoms with Crippen molar-refractivity contribution >= 4 is 0 Å². The van der Waals surface area contributed by atoms with E-state index in [4.69, 9.17) is 4.74 Å². The van der Waals surface area contributed by atoms with E-state index in [2.05, 4.69) is 27.7 Å². The van der Waals surface area contributed by atoms with Crippen molar-refractivity contribution in [2.45, 2.75) is 46.6 Å². The van der Waals surface area contributed by atoms with E-state index >= 15 is 0 Å². The van der Waals surface area contributed by atoms with Gasteiger partial charge in [0.1, 0.15) is 0 Å². The van der Waals surface area contributed by atoms with E-state index in [0.717, 1.165) is 12.5 Å². The molecule has 0 spiro atoms. The lowest BCUT2D eigenvalue weighted by molar-refractivity contribution is 0.0595. The molecular weight excluding hydrogens is 136 g/mol. The molecule has 1 aliphatic heterocycles. The van der Waals surface area contributed by atoms with Gasteiger partial charge in [-0.15, -0.1) is 0 Å². The molecule has 1 aliphatic rings. The lowest BCUT2D eigenvalue weighted by atomic mass is 9.85. The van der Waals surface area contributed by atoms with Gasteiger partial charge in [0.05, 0.1) is 6.10 Å². The molecule has 0 aromatic heterocycles. The smallest absolute Gasteiger partial charge is 0.0606 e. The summed E-state index contributed by atoms with van der Waals surface area (Å²) in [6, 6.07) is 0. The summed E-state index contributed by atoms with van der Waals surface area (Å²) in [6.45, 7) is 10.1. The molecule has 0 N–H and O–H groups in total. The molecule has 1 nitrogen and oxygen atoms in total. The normalized spacial score (nSPS) is 32.7. The fourth-order valence-electron chi connectivity index (χ4n) is 1.62. The summed E-state index contributed by atoms with van der Waals surface area (Å²) in [5.74, 6) is 0.772. The van der Waals surface area contributed by atoms with Crippen LogP contribution in [-0.2, 0) is 4.74 Å². The molecule has 2 atom stereocenters. The van der Waals surface area contributed by atoms with E-state index in [1.165, 1.54) is 12.8 Å². The fraction of sp³-hybridized carbons (Fsp3) is 1.00. The highest BCUT2D eigenvalue weighted by molar-refractivity contribution is 4.77. The average Bonchev–Trinajstić information content (AvgIpc) is 2.12. The van der Waals surface area contributed by atoms with Gasteiger partial charge >= 0.3 is 0 Å². The van der Waals surface area contributed by atoms with E-state index in [1.807, 2.05) is 0 Å². The molecule has 11 heavy (non-hydrogen) atoms. The van der Waals surface area contributed by atoms with E-state index in [0.29, 0.717) is 11.5 Å². The Morgan fingerprint density at radius 3 is 2.36 bits per heavy atom. The van der Waals surface area contributed by atoms with Crippen molar-refractivity contribution in [3.8, 4) is 0 Å². The van der Waals surface area contributed by atoms with Gasteiger partial charge in [-0.2, -0.15) is 0 Å². The van der Waals surface area contributed by atoms with Gasteiger partial charge in [0, 0.05) is 6.61 Å². The third-order valence-electron chi connectivity index (χ3n) is 2.35. The molecule has 1 heteroatoms. The van der Waals surface area contributed by atoms with Crippen LogP contribution in [0.3, 0.4) is 0 Å². The number of hydrogen-bond acceptors (Lipinski definition) is 1. The second kappa shape index (κ2) is 3.14. The third-order valence-corrected chi connectivity index (χ3v) is 2.35. The Labute approximate surface area is 70.1 Å². The molecule has 0 bridgehead atoms. The highest BCUT2D eigenvalue weighted by atomic mass is 16.5. The Morgan fingerprint density at radius 2 is 2.00 bits per heavy atom. The van der Waals surface area contributed by atoms with Crippen LogP contribution in [0.15, 0.2) is 0 Å². The first-order chi connectivity index (χ1) is 4.99. The standard InChI is InChI=1S/C10H20O/c1-8-5-6-11-9(8)7-10(2,3)4/h8-9H,5-7H2,1-4H3/t8-,9+/m0/s1. The van der Waals surface area contributed by atoms with Gasteiger partial charge in [0.25, 0.3) is 0 Å². The second-order valence-corrected chi connectivity index (χ2v) is 4.94. The van der Waals surface area contributed by atoms with Gasteiger partial charge in [-0.3, -0.25) is 0 Å². The topological polar surface area (TPSA) is 9.23 Å². The summed E-state index contributed by atoms with van der Waals surface area (Å²) < 4.78 is 5.64. The van der Waals surface area contributed by atoms with Crippen LogP contribution in [0, 0.1) is 11.3 Å². The molecule has 0 aromatic rings. The quantitative estimate of drug-likeness (QED) is 0.567. The Hall–Kier alpha value is -0.0400. The van der Waals surface area contributed by atoms with Gasteiger partial charge < -0.3 is 4.74 Å². The minimum absolute atomic E-state index is 0.420. The summed E-state index contributed by atoms with van der Waals surface area (Å²) in [5.41, 5.74) is 0.420. The molecule has 0 amide bonds. The Balaban J connectivity index is 2.37. The van der Waals surface area contributed by atoms with Gasteiger partial charge in [-0.05, 0) is 24.2 Å². The molecule has 0 unspecified atom stereocenters. The molecule has 66 valence electrons. The van der Waals surface area contributed by atoms with Crippen LogP contribution < -0.4 is 0 Å². The van der Waals surface area contributed by atoms with Crippen LogP contribution in [0.5, 0.6) is 0 Å². The molecular formula is C10H20O. The van der Waals surface area contributed by atoms with Crippen molar-refractivity contribution in [3.63, 3.8) is 0 Å². The first-order valence-corrected chi connectivity index (χ1v) is 4.61. The maximum Gasteiger partial charge on any atom is 0.0606 e. The molecule has 1 heterocycles. The van der Waals surface area contributed by atoms with E-state index in [1.54, 1.807) is 0 Å². The van der Waals surface area contributed by atoms with Crippen molar-refractivity contribution in [1.82, 2.24) is 0 Å². The van der Waals surface area contributed by atoms with Crippen LogP contribution in [0.2, 0.25) is 0 Å². The monoisotopic (exact) mass is 156 g/mol. The number of rotatable bonds is 1. The average molecular weight is 156 g/mol. The van der Waals surface area contributed by atoms with Crippen LogP contribution >= 0.6 is 0 Å². The van der Waals surface area contributed by atoms with Gasteiger partial charge in [0.2, 0.25) is 0 Å². The zero-order chi connectivity index (χ0) is 8.48. The van der Waals surface area contributed by atoms with Gasteiger partial charge in [0.15, 0.2) is 0 Å². The van der Waals surface area contributed by atoms with Gasteiger partial charge in [-0.1, -0.05) is 27.7 Å². The molecule has 1 saturated heterocycles. The van der Waals surface area contributed by atoms with Crippen LogP contribution in [0.1, 0.15) is 40.5 Å². The van der Waals surface area contributed by atoms with Crippen molar-refractivity contribution < 1.29 is 4.74 Å². The molecule has 0 aliphatic carbocycles. The summed E-state index contributed by atoms with van der Waals surface area (Å²) >= 11 is 0. The highest BCUT2D eigenvalue weighted by Gasteiger charge is 2.28. The van der Waals surface area contributed by atoms with E-state index in [9.17, 15) is 0 Å². The minimum atomic E-state index is 0.420. The van der Waals surface area contributed by atoms with Crippen LogP contribution in [0.4, 0.5) is 0 Å². The second-order valence-electron chi connectivity index (χ2n) is 4.94. The van der Waals surface area contributed by atoms with Gasteiger partial charge in [-0.25, -0.2) is 0 Å². The van der Waals surface area contributed by atoms with Crippen molar-refractivity contribution in [2.75, 3.05) is 6.61 Å². The van der Waals surface area contributed by atoms with E-state index < -0.39 is 0 Å². The van der Waals surface area contributed by atoms with Crippen LogP contribution in [0.25, 0.3) is 0 Å². The summed E-state index contributed by atoms with van der Waals surface area (Å²) in [5, 5.41) is 0. The Morgan fingerprint density at radius 1 is 1.36 bits per heavy atom. The largest absolute Gasteiger partial charge is 0.378 e. The molecule has 1 fully saturated rings. The number of ether oxygens (including phenoxy) is 1. The SMILES string of the molecule is C[C@H]1CCO[C@@H]1CC(C)(C)C. The van der Waals surface area contributed by atoms with Crippen LogP contribution in [-0.4, -0.2) is 12.7 Å². The van der Waals surface area contributed by atoms with Crippen molar-refractivity contribution in [2.24, 2.45) is 11.3 Å². The zero-order valence-electron chi connectivity index (χ0n) is 8.18. The minimum Gasteiger partial charge on any atom is -0.378 e. The predicted molar refractivity (Wildman–Crippen MR) is 47.6 cm³/mol. The maximum atomic E-state index is 5.64. The van der Waals surface area contributed by atoms with E-state index in [-0.39, 0.29) is 0 Å². The molecule has 0 aromatic carbocycles. The number of hydrogen-bond donors (Lipinski definition) is 0. The molecule has 1 rings (SSSR count). The lowest BCUT2D eigenvalue weighted by Gasteiger charge is -2.24. The fourth-order valence-corrected chi connectivity index (χ4v) is 1.62. The Kier molecular flexibility index (Phi) is 2.58. The highest BCUT2D eigenvalue weighted by Crippen LogP contribution is 2.30. The molecule has 0 radical (unpaired) electrons. The summed E-state index contributed by atoms with van der Waals surface area (Å²) in [6.07, 6.45) is 2.98. The zero-order valence-corrected chi connectivity index (χ0v) is 8.18. The molecule has 0 saturated carbocycles. The summed E-state index contributed by atoms with van der Waals surface area (Å²) in [4.78, 5) is 0.